The molecular formula is C75H93Cl4N11O7S. The Hall–Kier alpha value is -6.68. The first kappa shape index (κ1) is 74.0. The molecule has 98 heavy (non-hydrogen) atoms. The SMILES string of the molecule is CCOc1cc(C(C)(C)C)ncc1C1=N[C@@](C)(c2ccc(Cl)cc2)[C@@](C)(c2ccc(Cl)cc2)N1NC(=O)C(C=O)(CCN1CCN(C(=O)N2C(c3cnc(C(C)(C)C)cc3OCC)=N[C@@](C)(c3ccc(Cl)cc3)[C@@]2(C)c2ccc(Cl)cc2)CC1)N1CCN(CCCS(=O)(=O)CC)CC1. The predicted molar refractivity (Wildman–Crippen MR) is 392 cm³/mol. The van der Waals surface area contributed by atoms with Crippen LogP contribution in [0.4, 0.5) is 4.79 Å². The quantitative estimate of drug-likeness (QED) is 0.0500. The third kappa shape index (κ3) is 14.4. The van der Waals surface area contributed by atoms with Crippen molar-refractivity contribution < 1.29 is 32.3 Å². The van der Waals surface area contributed by atoms with Crippen molar-refractivity contribution in [2.75, 3.05) is 90.2 Å². The topological polar surface area (TPSA) is 186 Å². The van der Waals surface area contributed by atoms with E-state index in [0.717, 1.165) is 39.9 Å². The Balaban J connectivity index is 1.02. The van der Waals surface area contributed by atoms with Crippen LogP contribution >= 0.6 is 46.4 Å². The first-order valence-electron chi connectivity index (χ1n) is 33.9. The van der Waals surface area contributed by atoms with Gasteiger partial charge in [0.15, 0.2) is 11.4 Å². The van der Waals surface area contributed by atoms with Crippen molar-refractivity contribution in [3.63, 3.8) is 0 Å². The fourth-order valence-corrected chi connectivity index (χ4v) is 15.4. The van der Waals surface area contributed by atoms with Gasteiger partial charge in [0.05, 0.1) is 30.1 Å². The van der Waals surface area contributed by atoms with Gasteiger partial charge >= 0.3 is 6.03 Å². The van der Waals surface area contributed by atoms with E-state index in [1.54, 1.807) is 29.2 Å². The Morgan fingerprint density at radius 1 is 0.571 bits per heavy atom. The molecule has 0 bridgehead atoms. The Labute approximate surface area is 599 Å². The number of piperazine rings is 2. The minimum atomic E-state index is -3.19. The van der Waals surface area contributed by atoms with Crippen molar-refractivity contribution in [1.29, 1.82) is 0 Å². The maximum absolute atomic E-state index is 16.5. The largest absolute Gasteiger partial charge is 0.493 e. The smallest absolute Gasteiger partial charge is 0.326 e. The summed E-state index contributed by atoms with van der Waals surface area (Å²) in [4.78, 5) is 78.9. The van der Waals surface area contributed by atoms with Crippen LogP contribution in [0.15, 0.2) is 132 Å². The molecule has 4 aromatic carbocycles. The minimum absolute atomic E-state index is 0.0538. The lowest BCUT2D eigenvalue weighted by molar-refractivity contribution is -0.146. The van der Waals surface area contributed by atoms with Crippen LogP contribution in [0, 0.1) is 0 Å². The first-order chi connectivity index (χ1) is 46.3. The van der Waals surface area contributed by atoms with Crippen molar-refractivity contribution in [1.82, 2.24) is 44.9 Å². The number of ether oxygens (including phenoxy) is 2. The van der Waals surface area contributed by atoms with Crippen molar-refractivity contribution in [3.05, 3.63) is 186 Å². The lowest BCUT2D eigenvalue weighted by Crippen LogP contribution is -2.69. The molecule has 3 amide bonds. The van der Waals surface area contributed by atoms with Crippen LogP contribution in [0.25, 0.3) is 0 Å². The number of aldehydes is 1. The van der Waals surface area contributed by atoms with Crippen LogP contribution in [0.3, 0.4) is 0 Å². The fraction of sp³-hybridized carbons (Fsp3) is 0.480. The third-order valence-corrected chi connectivity index (χ3v) is 23.4. The summed E-state index contributed by atoms with van der Waals surface area (Å²) >= 11 is 26.5. The van der Waals surface area contributed by atoms with E-state index < -0.39 is 43.4 Å². The number of halogens is 4. The Kier molecular flexibility index (Phi) is 22.0. The van der Waals surface area contributed by atoms with E-state index in [0.29, 0.717) is 120 Å². The number of amides is 3. The molecule has 2 saturated heterocycles. The zero-order chi connectivity index (χ0) is 71.0. The Morgan fingerprint density at radius 3 is 1.42 bits per heavy atom. The number of aromatic nitrogens is 2. The van der Waals surface area contributed by atoms with Gasteiger partial charge in [0.1, 0.15) is 55.6 Å². The van der Waals surface area contributed by atoms with Crippen LogP contribution in [0.5, 0.6) is 11.5 Å². The molecule has 1 N–H and O–H groups in total. The molecule has 0 saturated carbocycles. The Bertz CT molecular complexity index is 4060. The number of sulfone groups is 1. The normalized spacial score (nSPS) is 22.7. The highest BCUT2D eigenvalue weighted by Crippen LogP contribution is 2.56. The highest BCUT2D eigenvalue weighted by molar-refractivity contribution is 7.91. The third-order valence-electron chi connectivity index (χ3n) is 20.6. The molecule has 524 valence electrons. The zero-order valence-electron chi connectivity index (χ0n) is 58.7. The van der Waals surface area contributed by atoms with E-state index in [2.05, 4.69) is 56.8 Å². The second kappa shape index (κ2) is 29.1. The molecule has 6 heterocycles. The van der Waals surface area contributed by atoms with Crippen LogP contribution in [-0.4, -0.2) is 173 Å². The number of nitrogens with one attached hydrogen (secondary N) is 1. The average molecular weight is 1430 g/mol. The molecule has 0 spiro atoms. The summed E-state index contributed by atoms with van der Waals surface area (Å²) in [6, 6.07) is 33.7. The number of hydrogen-bond acceptors (Lipinski definition) is 15. The van der Waals surface area contributed by atoms with Gasteiger partial charge < -0.3 is 24.1 Å². The maximum Gasteiger partial charge on any atom is 0.326 e. The van der Waals surface area contributed by atoms with E-state index in [4.69, 9.17) is 75.8 Å². The van der Waals surface area contributed by atoms with Crippen molar-refractivity contribution in [2.24, 2.45) is 9.98 Å². The molecule has 2 fully saturated rings. The molecular weight excluding hydrogens is 1340 g/mol. The van der Waals surface area contributed by atoms with E-state index in [1.807, 2.05) is 161 Å². The summed E-state index contributed by atoms with van der Waals surface area (Å²) in [5.41, 5.74) is 2.00. The molecule has 18 nitrogen and oxygen atoms in total. The van der Waals surface area contributed by atoms with Gasteiger partial charge in [-0.25, -0.2) is 13.2 Å². The summed E-state index contributed by atoms with van der Waals surface area (Å²) in [6.45, 7) is 30.5. The number of carbonyl (C=O) groups is 3. The number of hydrazine groups is 1. The van der Waals surface area contributed by atoms with Gasteiger partial charge in [-0.1, -0.05) is 143 Å². The first-order valence-corrected chi connectivity index (χ1v) is 37.2. The number of nitrogens with zero attached hydrogens (tertiary/aromatic N) is 10. The molecule has 1 unspecified atom stereocenters. The number of urea groups is 1. The standard InChI is InChI=1S/C75H93Cl4N11O7S/c1-14-96-61-46-63(69(4,5)6)80-48-59(61)65-82-71(10,51-18-26-55(76)27-19-51)73(12,53-22-30-57(78)31-23-53)89(65)68(93)87-41-37-86(38-42-87)36-34-75(50-91,88-43-39-85(40-44-88)35-17-45-98(94,95)16-3)67(92)84-90-66(60-49-81-64(70(7,8)9)47-62(60)97-15-2)83-72(11,52-20-28-56(77)29-21-52)74(90,13)54-24-32-58(79)33-25-54/h18-33,46-50H,14-17,34-45H2,1-13H3,(H,84,92)/t71-,72-,73+,74+,75?/m0/s1. The lowest BCUT2D eigenvalue weighted by Gasteiger charge is -2.49. The number of aliphatic imine (C=N–C) groups is 2. The maximum atomic E-state index is 16.5. The highest BCUT2D eigenvalue weighted by atomic mass is 35.5. The number of rotatable bonds is 22. The van der Waals surface area contributed by atoms with Gasteiger partial charge in [-0.2, -0.15) is 0 Å². The van der Waals surface area contributed by atoms with Crippen molar-refractivity contribution in [3.8, 4) is 11.5 Å². The molecule has 10 rings (SSSR count). The van der Waals surface area contributed by atoms with Crippen LogP contribution < -0.4 is 14.9 Å². The molecule has 2 aromatic heterocycles. The van der Waals surface area contributed by atoms with E-state index in [1.165, 1.54) is 0 Å². The summed E-state index contributed by atoms with van der Waals surface area (Å²) in [7, 11) is -3.19. The van der Waals surface area contributed by atoms with E-state index in [9.17, 15) is 13.2 Å². The van der Waals surface area contributed by atoms with Gasteiger partial charge in [-0.15, -0.1) is 0 Å². The van der Waals surface area contributed by atoms with Gasteiger partial charge in [-0.3, -0.25) is 49.9 Å². The second-order valence-electron chi connectivity index (χ2n) is 28.6. The number of amidine groups is 2. The van der Waals surface area contributed by atoms with Crippen molar-refractivity contribution >= 4 is 86.1 Å². The summed E-state index contributed by atoms with van der Waals surface area (Å²) in [6.07, 6.45) is 4.80. The lowest BCUT2D eigenvalue weighted by atomic mass is 9.71. The van der Waals surface area contributed by atoms with Gasteiger partial charge in [0.2, 0.25) is 0 Å². The molecule has 5 atom stereocenters. The van der Waals surface area contributed by atoms with Gasteiger partial charge in [0.25, 0.3) is 5.91 Å². The number of carbonyl (C=O) groups excluding carboxylic acids is 3. The molecule has 4 aliphatic rings. The van der Waals surface area contributed by atoms with Crippen molar-refractivity contribution in [2.45, 2.75) is 141 Å². The second-order valence-corrected chi connectivity index (χ2v) is 32.8. The average Bonchev–Trinajstić information content (AvgIpc) is 1.54. The van der Waals surface area contributed by atoms with Gasteiger partial charge in [0, 0.05) is 131 Å². The zero-order valence-corrected chi connectivity index (χ0v) is 62.5. The fourth-order valence-electron chi connectivity index (χ4n) is 14.1. The Morgan fingerprint density at radius 2 is 0.980 bits per heavy atom. The van der Waals surface area contributed by atoms with E-state index >= 15 is 9.59 Å². The highest BCUT2D eigenvalue weighted by Gasteiger charge is 2.62. The monoisotopic (exact) mass is 1430 g/mol. The minimum Gasteiger partial charge on any atom is -0.493 e. The number of pyridine rings is 2. The molecule has 6 aromatic rings. The van der Waals surface area contributed by atoms with Crippen LogP contribution in [0.1, 0.15) is 148 Å². The van der Waals surface area contributed by atoms with E-state index in [-0.39, 0.29) is 54.4 Å². The van der Waals surface area contributed by atoms with Gasteiger partial charge in [-0.05, 0) is 132 Å². The number of hydrogen-bond donors (Lipinski definition) is 1. The molecule has 0 radical (unpaired) electrons. The molecule has 0 aliphatic carbocycles. The predicted octanol–water partition coefficient (Wildman–Crippen LogP) is 13.5. The van der Waals surface area contributed by atoms with Crippen LogP contribution in [0.2, 0.25) is 20.1 Å². The number of benzene rings is 4. The summed E-state index contributed by atoms with van der Waals surface area (Å²) < 4.78 is 38.2. The van der Waals surface area contributed by atoms with Crippen LogP contribution in [-0.2, 0) is 52.4 Å². The summed E-state index contributed by atoms with van der Waals surface area (Å²) in [5.74, 6) is 1.32. The molecule has 23 heteroatoms. The summed E-state index contributed by atoms with van der Waals surface area (Å²) in [5, 5.41) is 3.92. The molecule has 4 aliphatic heterocycles.